The first kappa shape index (κ1) is 19.0. The van der Waals surface area contributed by atoms with Gasteiger partial charge in [0, 0.05) is 16.8 Å². The Bertz CT molecular complexity index is 748. The van der Waals surface area contributed by atoms with Crippen molar-refractivity contribution in [2.24, 2.45) is 16.1 Å². The first-order chi connectivity index (χ1) is 11.9. The van der Waals surface area contributed by atoms with Crippen molar-refractivity contribution in [2.45, 2.75) is 47.0 Å². The van der Waals surface area contributed by atoms with Crippen molar-refractivity contribution in [3.8, 4) is 0 Å². The largest absolute Gasteiger partial charge is 0.399 e. The molecule has 1 aliphatic rings. The fraction of sp³-hybridized carbons (Fsp3) is 0.348. The van der Waals surface area contributed by atoms with Crippen LogP contribution in [0.15, 0.2) is 82.7 Å². The standard InChI is InChI=1S/C23H30N2/c1-6-10-17(2)18(3)22(23(5)15-13-21(24)14-16-23)25-19(4)20-11-8-7-9-12-20/h7-9,11-15H,2,6,10,16,24H2,1,3-5H3/b22-18+,25-19?. The van der Waals surface area contributed by atoms with Gasteiger partial charge in [-0.3, -0.25) is 4.99 Å². The summed E-state index contributed by atoms with van der Waals surface area (Å²) in [6.45, 7) is 12.9. The van der Waals surface area contributed by atoms with E-state index in [1.807, 2.05) is 24.3 Å². The Balaban J connectivity index is 2.52. The van der Waals surface area contributed by atoms with Crippen LogP contribution in [0.1, 0.15) is 52.5 Å². The van der Waals surface area contributed by atoms with Gasteiger partial charge in [0.15, 0.2) is 0 Å². The number of nitrogens with zero attached hydrogens (tertiary/aromatic N) is 1. The van der Waals surface area contributed by atoms with Gasteiger partial charge in [0.1, 0.15) is 0 Å². The number of benzene rings is 1. The van der Waals surface area contributed by atoms with Crippen LogP contribution >= 0.6 is 0 Å². The maximum absolute atomic E-state index is 5.94. The SMILES string of the molecule is C=C(CCC)/C(C)=C(/N=C(C)c1ccccc1)C1(C)C=CC(N)=CC1. The topological polar surface area (TPSA) is 38.4 Å². The van der Waals surface area contributed by atoms with E-state index in [1.165, 1.54) is 11.1 Å². The summed E-state index contributed by atoms with van der Waals surface area (Å²) in [5.41, 5.74) is 12.2. The van der Waals surface area contributed by atoms with E-state index in [1.54, 1.807) is 0 Å². The predicted octanol–water partition coefficient (Wildman–Crippen LogP) is 5.93. The fourth-order valence-electron chi connectivity index (χ4n) is 3.13. The summed E-state index contributed by atoms with van der Waals surface area (Å²) >= 11 is 0. The molecule has 0 saturated heterocycles. The number of nitrogens with two attached hydrogens (primary N) is 1. The Labute approximate surface area is 152 Å². The molecule has 0 bridgehead atoms. The summed E-state index contributed by atoms with van der Waals surface area (Å²) in [6.07, 6.45) is 9.20. The van der Waals surface area contributed by atoms with E-state index in [-0.39, 0.29) is 5.41 Å². The van der Waals surface area contributed by atoms with Crippen LogP contribution in [-0.2, 0) is 0 Å². The lowest BCUT2D eigenvalue weighted by Gasteiger charge is -2.31. The second-order valence-corrected chi connectivity index (χ2v) is 7.05. The van der Waals surface area contributed by atoms with E-state index in [2.05, 4.69) is 58.6 Å². The molecule has 2 rings (SSSR count). The second kappa shape index (κ2) is 8.15. The summed E-state index contributed by atoms with van der Waals surface area (Å²) in [6, 6.07) is 10.3. The molecule has 2 nitrogen and oxygen atoms in total. The van der Waals surface area contributed by atoms with Crippen molar-refractivity contribution in [3.05, 3.63) is 83.2 Å². The first-order valence-electron chi connectivity index (χ1n) is 9.02. The highest BCUT2D eigenvalue weighted by Crippen LogP contribution is 2.40. The third-order valence-corrected chi connectivity index (χ3v) is 4.85. The Kier molecular flexibility index (Phi) is 6.19. The molecule has 1 aliphatic carbocycles. The number of hydrogen-bond donors (Lipinski definition) is 1. The summed E-state index contributed by atoms with van der Waals surface area (Å²) in [5, 5.41) is 0. The fourth-order valence-corrected chi connectivity index (χ4v) is 3.13. The highest BCUT2D eigenvalue weighted by Gasteiger charge is 2.29. The van der Waals surface area contributed by atoms with Crippen molar-refractivity contribution in [3.63, 3.8) is 0 Å². The van der Waals surface area contributed by atoms with Crippen LogP contribution in [0.25, 0.3) is 0 Å². The van der Waals surface area contributed by atoms with Gasteiger partial charge in [0.25, 0.3) is 0 Å². The molecule has 2 heteroatoms. The van der Waals surface area contributed by atoms with E-state index in [4.69, 9.17) is 10.7 Å². The summed E-state index contributed by atoms with van der Waals surface area (Å²) < 4.78 is 0. The molecule has 0 spiro atoms. The van der Waals surface area contributed by atoms with Gasteiger partial charge in [-0.05, 0) is 43.9 Å². The zero-order chi connectivity index (χ0) is 18.4. The number of allylic oxidation sites excluding steroid dienone is 5. The smallest absolute Gasteiger partial charge is 0.0538 e. The quantitative estimate of drug-likeness (QED) is 0.508. The van der Waals surface area contributed by atoms with Gasteiger partial charge in [0.2, 0.25) is 0 Å². The predicted molar refractivity (Wildman–Crippen MR) is 110 cm³/mol. The van der Waals surface area contributed by atoms with Crippen LogP contribution in [0.5, 0.6) is 0 Å². The maximum atomic E-state index is 5.94. The first-order valence-corrected chi connectivity index (χ1v) is 9.02. The molecule has 1 aromatic rings. The van der Waals surface area contributed by atoms with Gasteiger partial charge >= 0.3 is 0 Å². The zero-order valence-corrected chi connectivity index (χ0v) is 16.0. The normalized spacial score (nSPS) is 21.6. The molecule has 0 saturated carbocycles. The second-order valence-electron chi connectivity index (χ2n) is 7.05. The molecular weight excluding hydrogens is 304 g/mol. The van der Waals surface area contributed by atoms with E-state index in [9.17, 15) is 0 Å². The molecule has 0 aliphatic heterocycles. The summed E-state index contributed by atoms with van der Waals surface area (Å²) in [7, 11) is 0. The van der Waals surface area contributed by atoms with Gasteiger partial charge in [0.05, 0.1) is 5.70 Å². The molecule has 0 radical (unpaired) electrons. The lowest BCUT2D eigenvalue weighted by molar-refractivity contribution is 0.504. The van der Waals surface area contributed by atoms with Gasteiger partial charge in [-0.25, -0.2) is 0 Å². The molecule has 0 fully saturated rings. The highest BCUT2D eigenvalue weighted by atomic mass is 14.8. The Morgan fingerprint density at radius 2 is 1.92 bits per heavy atom. The van der Waals surface area contributed by atoms with Crippen LogP contribution in [0.2, 0.25) is 0 Å². The molecule has 132 valence electrons. The van der Waals surface area contributed by atoms with Crippen LogP contribution in [0, 0.1) is 5.41 Å². The molecule has 1 atom stereocenters. The number of rotatable bonds is 6. The maximum Gasteiger partial charge on any atom is 0.0538 e. The van der Waals surface area contributed by atoms with Gasteiger partial charge < -0.3 is 5.73 Å². The molecule has 25 heavy (non-hydrogen) atoms. The van der Waals surface area contributed by atoms with Gasteiger partial charge in [-0.15, -0.1) is 0 Å². The van der Waals surface area contributed by atoms with Crippen LogP contribution in [0.3, 0.4) is 0 Å². The average molecular weight is 335 g/mol. The van der Waals surface area contributed by atoms with E-state index < -0.39 is 0 Å². The molecule has 0 aromatic heterocycles. The summed E-state index contributed by atoms with van der Waals surface area (Å²) in [5.74, 6) is 0. The van der Waals surface area contributed by atoms with Crippen molar-refractivity contribution < 1.29 is 0 Å². The minimum absolute atomic E-state index is 0.167. The van der Waals surface area contributed by atoms with Gasteiger partial charge in [-0.2, -0.15) is 0 Å². The van der Waals surface area contributed by atoms with E-state index in [0.717, 1.165) is 41.9 Å². The minimum Gasteiger partial charge on any atom is -0.399 e. The van der Waals surface area contributed by atoms with Crippen LogP contribution in [0.4, 0.5) is 0 Å². The number of aliphatic imine (C=N–C) groups is 1. The summed E-state index contributed by atoms with van der Waals surface area (Å²) in [4.78, 5) is 5.08. The van der Waals surface area contributed by atoms with Crippen molar-refractivity contribution in [1.29, 1.82) is 0 Å². The van der Waals surface area contributed by atoms with Gasteiger partial charge in [-0.1, -0.05) is 74.9 Å². The lowest BCUT2D eigenvalue weighted by atomic mass is 9.77. The third kappa shape index (κ3) is 4.60. The Morgan fingerprint density at radius 3 is 2.48 bits per heavy atom. The Morgan fingerprint density at radius 1 is 1.24 bits per heavy atom. The van der Waals surface area contributed by atoms with Crippen molar-refractivity contribution in [2.75, 3.05) is 0 Å². The van der Waals surface area contributed by atoms with E-state index >= 15 is 0 Å². The molecule has 1 aromatic carbocycles. The highest BCUT2D eigenvalue weighted by molar-refractivity contribution is 5.99. The molecule has 2 N–H and O–H groups in total. The minimum atomic E-state index is -0.167. The molecule has 0 amide bonds. The molecule has 0 heterocycles. The molecule has 1 unspecified atom stereocenters. The van der Waals surface area contributed by atoms with E-state index in [0.29, 0.717) is 0 Å². The zero-order valence-electron chi connectivity index (χ0n) is 16.0. The van der Waals surface area contributed by atoms with Crippen LogP contribution in [-0.4, -0.2) is 5.71 Å². The lowest BCUT2D eigenvalue weighted by Crippen LogP contribution is -2.21. The number of hydrogen-bond acceptors (Lipinski definition) is 2. The monoisotopic (exact) mass is 334 g/mol. The van der Waals surface area contributed by atoms with Crippen molar-refractivity contribution in [1.82, 2.24) is 0 Å². The third-order valence-electron chi connectivity index (χ3n) is 4.85. The Hall–Kier alpha value is -2.35. The van der Waals surface area contributed by atoms with Crippen LogP contribution < -0.4 is 5.73 Å². The molecular formula is C23H30N2. The average Bonchev–Trinajstić information content (AvgIpc) is 2.62. The van der Waals surface area contributed by atoms with Crippen molar-refractivity contribution >= 4 is 5.71 Å².